The van der Waals surface area contributed by atoms with Crippen molar-refractivity contribution in [1.82, 2.24) is 0 Å². The van der Waals surface area contributed by atoms with Crippen LogP contribution in [0.3, 0.4) is 0 Å². The summed E-state index contributed by atoms with van der Waals surface area (Å²) in [5.74, 6) is -0.0888. The fourth-order valence-electron chi connectivity index (χ4n) is 5.30. The minimum atomic E-state index is -4.65. The standard InChI is InChI=1S/C34H26N4O10S2.Na/c1-47-29-15-19(11-13-25(29)35-37-27-17-31(49(41,42)43)21-7-3-5-9-23(21)33(27)39)20-12-14-26(30(16-20)48-2)36-38-28-18-32(50(44,45)46)22-8-4-6-10-24(22)34(28)40;/h3-18,39-40H,1-2H3,(H,41,42,43)(H,44,45,46);/q;+1. The van der Waals surface area contributed by atoms with Gasteiger partial charge in [-0.1, -0.05) is 60.7 Å². The number of benzene rings is 6. The number of nitrogens with zero attached hydrogens (tertiary/aromatic N) is 4. The van der Waals surface area contributed by atoms with Crippen LogP contribution in [0.25, 0.3) is 32.7 Å². The molecule has 0 aliphatic carbocycles. The van der Waals surface area contributed by atoms with E-state index in [0.29, 0.717) is 11.1 Å². The number of methoxy groups -OCH3 is 2. The Bertz CT molecular complexity index is 2430. The van der Waals surface area contributed by atoms with Gasteiger partial charge in [0.05, 0.1) is 14.2 Å². The third-order valence-electron chi connectivity index (χ3n) is 7.70. The molecule has 0 aromatic heterocycles. The Labute approximate surface area is 313 Å². The van der Waals surface area contributed by atoms with Gasteiger partial charge < -0.3 is 19.7 Å². The molecule has 51 heavy (non-hydrogen) atoms. The van der Waals surface area contributed by atoms with Crippen LogP contribution in [-0.2, 0) is 20.2 Å². The molecule has 0 saturated heterocycles. The van der Waals surface area contributed by atoms with Crippen LogP contribution < -0.4 is 39.0 Å². The summed E-state index contributed by atoms with van der Waals surface area (Å²) in [6, 6.07) is 24.2. The topological polar surface area (TPSA) is 217 Å². The molecule has 14 nitrogen and oxygen atoms in total. The number of fused-ring (bicyclic) bond motifs is 2. The largest absolute Gasteiger partial charge is 1.00 e. The van der Waals surface area contributed by atoms with Gasteiger partial charge in [-0.3, -0.25) is 9.11 Å². The molecule has 254 valence electrons. The monoisotopic (exact) mass is 737 g/mol. The zero-order valence-electron chi connectivity index (χ0n) is 27.1. The molecule has 0 atom stereocenters. The molecule has 6 aromatic rings. The van der Waals surface area contributed by atoms with E-state index >= 15 is 0 Å². The predicted molar refractivity (Wildman–Crippen MR) is 184 cm³/mol. The van der Waals surface area contributed by atoms with Crippen molar-refractivity contribution in [2.45, 2.75) is 9.79 Å². The third kappa shape index (κ3) is 7.57. The Hall–Kier alpha value is -4.94. The van der Waals surface area contributed by atoms with Gasteiger partial charge in [0.2, 0.25) is 0 Å². The second-order valence-electron chi connectivity index (χ2n) is 10.7. The van der Waals surface area contributed by atoms with Crippen LogP contribution in [0.1, 0.15) is 0 Å². The number of phenolic OH excluding ortho intramolecular Hbond substituents is 2. The minimum Gasteiger partial charge on any atom is -0.505 e. The van der Waals surface area contributed by atoms with E-state index in [-0.39, 0.29) is 96.8 Å². The second kappa shape index (κ2) is 14.7. The zero-order chi connectivity index (χ0) is 35.8. The fourth-order valence-corrected chi connectivity index (χ4v) is 6.73. The van der Waals surface area contributed by atoms with Crippen molar-refractivity contribution >= 4 is 64.5 Å². The molecule has 0 radical (unpaired) electrons. The van der Waals surface area contributed by atoms with E-state index in [0.717, 1.165) is 12.1 Å². The first-order chi connectivity index (χ1) is 23.8. The van der Waals surface area contributed by atoms with Crippen LogP contribution in [0, 0.1) is 0 Å². The smallest absolute Gasteiger partial charge is 0.505 e. The average molecular weight is 738 g/mol. The molecule has 0 heterocycles. The van der Waals surface area contributed by atoms with E-state index in [2.05, 4.69) is 20.5 Å². The van der Waals surface area contributed by atoms with Crippen molar-refractivity contribution in [2.75, 3.05) is 14.2 Å². The summed E-state index contributed by atoms with van der Waals surface area (Å²) >= 11 is 0. The average Bonchev–Trinajstić information content (AvgIpc) is 3.10. The fraction of sp³-hybridized carbons (Fsp3) is 0.0588. The van der Waals surface area contributed by atoms with Gasteiger partial charge in [0.1, 0.15) is 44.0 Å². The molecule has 0 unspecified atom stereocenters. The van der Waals surface area contributed by atoms with Crippen molar-refractivity contribution in [1.29, 1.82) is 0 Å². The first-order valence-corrected chi connectivity index (χ1v) is 17.3. The van der Waals surface area contributed by atoms with Gasteiger partial charge in [0.15, 0.2) is 11.5 Å². The van der Waals surface area contributed by atoms with Crippen LogP contribution in [-0.4, -0.2) is 50.4 Å². The number of rotatable bonds is 9. The Morgan fingerprint density at radius 2 is 0.824 bits per heavy atom. The summed E-state index contributed by atoms with van der Waals surface area (Å²) < 4.78 is 78.8. The minimum absolute atomic E-state index is 0. The molecule has 0 saturated carbocycles. The van der Waals surface area contributed by atoms with Crippen LogP contribution in [0.15, 0.2) is 127 Å². The van der Waals surface area contributed by atoms with Gasteiger partial charge >= 0.3 is 29.6 Å². The quantitative estimate of drug-likeness (QED) is 0.0840. The van der Waals surface area contributed by atoms with E-state index in [4.69, 9.17) is 9.47 Å². The summed E-state index contributed by atoms with van der Waals surface area (Å²) in [7, 11) is -6.46. The number of aromatic hydroxyl groups is 2. The van der Waals surface area contributed by atoms with Gasteiger partial charge in [-0.15, -0.1) is 20.5 Å². The molecule has 0 fully saturated rings. The molecular weight excluding hydrogens is 712 g/mol. The Morgan fingerprint density at radius 3 is 1.16 bits per heavy atom. The van der Waals surface area contributed by atoms with E-state index in [9.17, 15) is 36.2 Å². The molecule has 0 aliphatic heterocycles. The summed E-state index contributed by atoms with van der Waals surface area (Å²) in [4.78, 5) is -0.868. The van der Waals surface area contributed by atoms with Crippen LogP contribution >= 0.6 is 0 Å². The van der Waals surface area contributed by atoms with Gasteiger partial charge in [0.25, 0.3) is 20.2 Å². The maximum Gasteiger partial charge on any atom is 1.00 e. The first-order valence-electron chi connectivity index (χ1n) is 14.4. The molecule has 0 spiro atoms. The zero-order valence-corrected chi connectivity index (χ0v) is 30.7. The summed E-state index contributed by atoms with van der Waals surface area (Å²) in [6.45, 7) is 0. The molecule has 6 rings (SSSR count). The Morgan fingerprint density at radius 1 is 0.490 bits per heavy atom. The molecule has 0 amide bonds. The van der Waals surface area contributed by atoms with E-state index in [1.54, 1.807) is 60.7 Å². The van der Waals surface area contributed by atoms with Crippen LogP contribution in [0.2, 0.25) is 0 Å². The summed E-state index contributed by atoms with van der Waals surface area (Å²) in [5, 5.41) is 38.5. The Balaban J connectivity index is 0.00000504. The third-order valence-corrected chi connectivity index (χ3v) is 9.48. The maximum atomic E-state index is 12.1. The van der Waals surface area contributed by atoms with Gasteiger partial charge in [-0.2, -0.15) is 16.8 Å². The van der Waals surface area contributed by atoms with Crippen molar-refractivity contribution in [2.24, 2.45) is 20.5 Å². The van der Waals surface area contributed by atoms with Gasteiger partial charge in [0, 0.05) is 21.5 Å². The summed E-state index contributed by atoms with van der Waals surface area (Å²) in [5.41, 5.74) is 1.43. The molecule has 6 aromatic carbocycles. The van der Waals surface area contributed by atoms with E-state index < -0.39 is 30.0 Å². The second-order valence-corrected chi connectivity index (χ2v) is 13.5. The number of azo groups is 2. The molecular formula is C34H26N4NaO10S2+. The van der Waals surface area contributed by atoms with Crippen molar-refractivity contribution in [3.63, 3.8) is 0 Å². The molecule has 0 bridgehead atoms. The van der Waals surface area contributed by atoms with Crippen molar-refractivity contribution < 1.29 is 75.2 Å². The van der Waals surface area contributed by atoms with Gasteiger partial charge in [-0.25, -0.2) is 0 Å². The van der Waals surface area contributed by atoms with Crippen molar-refractivity contribution in [3.8, 4) is 34.1 Å². The van der Waals surface area contributed by atoms with Gasteiger partial charge in [-0.05, 0) is 47.5 Å². The normalized spacial score (nSPS) is 12.1. The number of hydrogen-bond acceptors (Lipinski definition) is 12. The van der Waals surface area contributed by atoms with E-state index in [1.807, 2.05) is 0 Å². The summed E-state index contributed by atoms with van der Waals surface area (Å²) in [6.07, 6.45) is 0. The van der Waals surface area contributed by atoms with Crippen LogP contribution in [0.5, 0.6) is 23.0 Å². The van der Waals surface area contributed by atoms with E-state index in [1.165, 1.54) is 38.5 Å². The SMILES string of the molecule is COc1cc(-c2ccc(N=Nc3cc(S(=O)(=O)O)c4ccccc4c3O)c(OC)c2)ccc1N=Nc1cc(S(=O)(=O)O)c2ccccc2c1O.[Na+]. The maximum absolute atomic E-state index is 12.1. The number of hydrogen-bond donors (Lipinski definition) is 4. The molecule has 17 heteroatoms. The molecule has 4 N–H and O–H groups in total. The predicted octanol–water partition coefficient (Wildman–Crippen LogP) is 5.42. The first kappa shape index (κ1) is 37.3. The number of phenols is 2. The Kier molecular flexibility index (Phi) is 10.8. The number of ether oxygens (including phenoxy) is 2. The molecule has 0 aliphatic rings. The van der Waals surface area contributed by atoms with Crippen molar-refractivity contribution in [3.05, 3.63) is 97.1 Å². The van der Waals surface area contributed by atoms with Crippen LogP contribution in [0.4, 0.5) is 22.7 Å².